The fourth-order valence-electron chi connectivity index (χ4n) is 2.19. The molecule has 0 atom stereocenters. The minimum Gasteiger partial charge on any atom is -0.367 e. The first kappa shape index (κ1) is 15.8. The number of nitrogens with zero attached hydrogens (tertiary/aromatic N) is 3. The second-order valence-corrected chi connectivity index (χ2v) is 5.30. The lowest BCUT2D eigenvalue weighted by atomic mass is 10.1. The molecule has 0 bridgehead atoms. The van der Waals surface area contributed by atoms with Crippen LogP contribution in [-0.4, -0.2) is 34.2 Å². The van der Waals surface area contributed by atoms with Crippen LogP contribution in [0.15, 0.2) is 42.6 Å². The van der Waals surface area contributed by atoms with Crippen molar-refractivity contribution in [3.63, 3.8) is 0 Å². The number of fused-ring (bicyclic) bond motifs is 1. The van der Waals surface area contributed by atoms with Crippen molar-refractivity contribution in [2.45, 2.75) is 6.92 Å². The van der Waals surface area contributed by atoms with E-state index in [2.05, 4.69) is 25.8 Å². The summed E-state index contributed by atoms with van der Waals surface area (Å²) in [6, 6.07) is 9.59. The Hall–Kier alpha value is -3.09. The number of anilines is 1. The first-order valence-corrected chi connectivity index (χ1v) is 7.49. The third-order valence-electron chi connectivity index (χ3n) is 3.42. The second kappa shape index (κ2) is 6.99. The summed E-state index contributed by atoms with van der Waals surface area (Å²) < 4.78 is 13.3. The van der Waals surface area contributed by atoms with Crippen LogP contribution in [0.25, 0.3) is 10.9 Å². The highest BCUT2D eigenvalue weighted by Crippen LogP contribution is 2.14. The number of pyridine rings is 1. The van der Waals surface area contributed by atoms with Crippen LogP contribution in [0.1, 0.15) is 16.1 Å². The smallest absolute Gasteiger partial charge is 0.252 e. The van der Waals surface area contributed by atoms with Crippen LogP contribution < -0.4 is 10.6 Å². The largest absolute Gasteiger partial charge is 0.367 e. The van der Waals surface area contributed by atoms with Crippen LogP contribution in [0.3, 0.4) is 0 Å². The SMILES string of the molecule is Cc1ccc(NCCNC(=O)c2cnc3ccc(F)cc3c2)nn1. The van der Waals surface area contributed by atoms with Crippen molar-refractivity contribution < 1.29 is 9.18 Å². The molecule has 2 N–H and O–H groups in total. The highest BCUT2D eigenvalue weighted by molar-refractivity contribution is 5.97. The summed E-state index contributed by atoms with van der Waals surface area (Å²) in [5.41, 5.74) is 1.88. The van der Waals surface area contributed by atoms with Gasteiger partial charge in [-0.25, -0.2) is 4.39 Å². The maximum Gasteiger partial charge on any atom is 0.252 e. The second-order valence-electron chi connectivity index (χ2n) is 5.30. The zero-order chi connectivity index (χ0) is 16.9. The van der Waals surface area contributed by atoms with Gasteiger partial charge < -0.3 is 10.6 Å². The van der Waals surface area contributed by atoms with E-state index >= 15 is 0 Å². The van der Waals surface area contributed by atoms with E-state index in [0.717, 1.165) is 5.69 Å². The Morgan fingerprint density at radius 2 is 2.00 bits per heavy atom. The molecule has 3 rings (SSSR count). The Labute approximate surface area is 138 Å². The molecule has 0 spiro atoms. The van der Waals surface area contributed by atoms with Gasteiger partial charge in [0.05, 0.1) is 16.8 Å². The summed E-state index contributed by atoms with van der Waals surface area (Å²) in [6.45, 7) is 2.79. The average molecular weight is 325 g/mol. The monoisotopic (exact) mass is 325 g/mol. The number of aromatic nitrogens is 3. The number of benzene rings is 1. The number of hydrogen-bond acceptors (Lipinski definition) is 5. The van der Waals surface area contributed by atoms with E-state index < -0.39 is 0 Å². The maximum absolute atomic E-state index is 13.3. The highest BCUT2D eigenvalue weighted by atomic mass is 19.1. The molecule has 3 aromatic rings. The molecule has 0 aliphatic carbocycles. The number of aryl methyl sites for hydroxylation is 1. The van der Waals surface area contributed by atoms with Gasteiger partial charge in [-0.3, -0.25) is 9.78 Å². The Morgan fingerprint density at radius 3 is 2.79 bits per heavy atom. The molecule has 2 aromatic heterocycles. The lowest BCUT2D eigenvalue weighted by molar-refractivity contribution is 0.0955. The number of rotatable bonds is 5. The standard InChI is InChI=1S/C17H16FN5O/c1-11-2-5-16(23-22-11)19-6-7-20-17(24)13-8-12-9-14(18)3-4-15(12)21-10-13/h2-5,8-10H,6-7H2,1H3,(H,19,23)(H,20,24). The van der Waals surface area contributed by atoms with Crippen LogP contribution in [0.4, 0.5) is 10.2 Å². The Morgan fingerprint density at radius 1 is 1.12 bits per heavy atom. The molecular formula is C17H16FN5O. The van der Waals surface area contributed by atoms with Gasteiger partial charge in [0.2, 0.25) is 0 Å². The highest BCUT2D eigenvalue weighted by Gasteiger charge is 2.07. The van der Waals surface area contributed by atoms with Gasteiger partial charge in [-0.15, -0.1) is 5.10 Å². The molecule has 2 heterocycles. The third kappa shape index (κ3) is 3.81. The van der Waals surface area contributed by atoms with Crippen molar-refractivity contribution in [2.24, 2.45) is 0 Å². The van der Waals surface area contributed by atoms with Crippen LogP contribution in [0, 0.1) is 12.7 Å². The molecule has 0 aliphatic rings. The van der Waals surface area contributed by atoms with Gasteiger partial charge in [0, 0.05) is 24.7 Å². The number of amides is 1. The van der Waals surface area contributed by atoms with Gasteiger partial charge in [-0.1, -0.05) is 0 Å². The van der Waals surface area contributed by atoms with Crippen LogP contribution in [0.2, 0.25) is 0 Å². The molecule has 24 heavy (non-hydrogen) atoms. The lowest BCUT2D eigenvalue weighted by Crippen LogP contribution is -2.29. The number of halogens is 1. The van der Waals surface area contributed by atoms with Gasteiger partial charge >= 0.3 is 0 Å². The molecule has 122 valence electrons. The molecule has 0 aliphatic heterocycles. The van der Waals surface area contributed by atoms with Gasteiger partial charge in [0.1, 0.15) is 11.6 Å². The molecule has 0 radical (unpaired) electrons. The normalized spacial score (nSPS) is 10.6. The summed E-state index contributed by atoms with van der Waals surface area (Å²) in [5, 5.41) is 14.3. The fraction of sp³-hybridized carbons (Fsp3) is 0.176. The molecule has 0 fully saturated rings. The quantitative estimate of drug-likeness (QED) is 0.704. The third-order valence-corrected chi connectivity index (χ3v) is 3.42. The lowest BCUT2D eigenvalue weighted by Gasteiger charge is -2.07. The summed E-state index contributed by atoms with van der Waals surface area (Å²) >= 11 is 0. The van der Waals surface area contributed by atoms with Crippen molar-refractivity contribution in [2.75, 3.05) is 18.4 Å². The van der Waals surface area contributed by atoms with Crippen molar-refractivity contribution in [3.8, 4) is 0 Å². The van der Waals surface area contributed by atoms with Crippen LogP contribution in [0.5, 0.6) is 0 Å². The molecule has 0 saturated carbocycles. The molecule has 1 amide bonds. The number of carbonyl (C=O) groups excluding carboxylic acids is 1. The summed E-state index contributed by atoms with van der Waals surface area (Å²) in [6.07, 6.45) is 1.48. The van der Waals surface area contributed by atoms with Gasteiger partial charge in [0.15, 0.2) is 0 Å². The molecule has 1 aromatic carbocycles. The van der Waals surface area contributed by atoms with Gasteiger partial charge in [-0.05, 0) is 43.3 Å². The summed E-state index contributed by atoms with van der Waals surface area (Å²) in [4.78, 5) is 16.3. The summed E-state index contributed by atoms with van der Waals surface area (Å²) in [7, 11) is 0. The van der Waals surface area contributed by atoms with E-state index in [0.29, 0.717) is 35.4 Å². The Balaban J connectivity index is 1.55. The number of hydrogen-bond donors (Lipinski definition) is 2. The molecule has 0 saturated heterocycles. The predicted octanol–water partition coefficient (Wildman–Crippen LogP) is 2.31. The minimum atomic E-state index is -0.356. The molecule has 7 heteroatoms. The van der Waals surface area contributed by atoms with E-state index in [1.165, 1.54) is 18.3 Å². The van der Waals surface area contributed by atoms with Crippen LogP contribution >= 0.6 is 0 Å². The molecule has 0 unspecified atom stereocenters. The number of nitrogens with one attached hydrogen (secondary N) is 2. The maximum atomic E-state index is 13.3. The zero-order valence-electron chi connectivity index (χ0n) is 13.1. The van der Waals surface area contributed by atoms with Crippen molar-refractivity contribution in [1.82, 2.24) is 20.5 Å². The first-order valence-electron chi connectivity index (χ1n) is 7.49. The van der Waals surface area contributed by atoms with Crippen LogP contribution in [-0.2, 0) is 0 Å². The average Bonchev–Trinajstić information content (AvgIpc) is 2.59. The zero-order valence-corrected chi connectivity index (χ0v) is 13.1. The van der Waals surface area contributed by atoms with Gasteiger partial charge in [-0.2, -0.15) is 5.10 Å². The fourth-order valence-corrected chi connectivity index (χ4v) is 2.19. The number of carbonyl (C=O) groups is 1. The Bertz CT molecular complexity index is 866. The Kier molecular flexibility index (Phi) is 4.60. The van der Waals surface area contributed by atoms with Gasteiger partial charge in [0.25, 0.3) is 5.91 Å². The summed E-state index contributed by atoms with van der Waals surface area (Å²) in [5.74, 6) is 0.0356. The predicted molar refractivity (Wildman–Crippen MR) is 89.3 cm³/mol. The molecular weight excluding hydrogens is 309 g/mol. The van der Waals surface area contributed by atoms with Crippen molar-refractivity contribution in [3.05, 3.63) is 59.7 Å². The van der Waals surface area contributed by atoms with E-state index in [1.807, 2.05) is 19.1 Å². The van der Waals surface area contributed by atoms with E-state index in [9.17, 15) is 9.18 Å². The van der Waals surface area contributed by atoms with E-state index in [1.54, 1.807) is 12.1 Å². The van der Waals surface area contributed by atoms with Crippen molar-refractivity contribution >= 4 is 22.6 Å². The minimum absolute atomic E-state index is 0.259. The molecule has 6 nitrogen and oxygen atoms in total. The van der Waals surface area contributed by atoms with E-state index in [4.69, 9.17) is 0 Å². The van der Waals surface area contributed by atoms with Crippen molar-refractivity contribution in [1.29, 1.82) is 0 Å². The van der Waals surface area contributed by atoms with E-state index in [-0.39, 0.29) is 11.7 Å². The first-order chi connectivity index (χ1) is 11.6. The topological polar surface area (TPSA) is 79.8 Å².